The summed E-state index contributed by atoms with van der Waals surface area (Å²) in [5.41, 5.74) is 0. The number of aliphatic carboxylic acids is 1. The Morgan fingerprint density at radius 1 is 1.52 bits per heavy atom. The van der Waals surface area contributed by atoms with E-state index in [4.69, 9.17) is 5.11 Å². The third-order valence-corrected chi connectivity index (χ3v) is 2.64. The molecule has 116 valence electrons. The van der Waals surface area contributed by atoms with Crippen molar-refractivity contribution in [3.05, 3.63) is 22.4 Å². The van der Waals surface area contributed by atoms with E-state index < -0.39 is 10.9 Å². The number of nitro groups is 1. The predicted molar refractivity (Wildman–Crippen MR) is 72.6 cm³/mol. The van der Waals surface area contributed by atoms with Gasteiger partial charge >= 0.3 is 11.8 Å². The normalized spacial score (nSPS) is 10.6. The number of amides is 1. The quantitative estimate of drug-likeness (QED) is 0.558. The van der Waals surface area contributed by atoms with Gasteiger partial charge in [0.1, 0.15) is 6.54 Å². The Morgan fingerprint density at radius 2 is 2.19 bits per heavy atom. The van der Waals surface area contributed by atoms with Crippen LogP contribution < -0.4 is 0 Å². The lowest BCUT2D eigenvalue weighted by atomic mass is 10.2. The molecule has 1 aromatic rings. The molecule has 0 aliphatic rings. The summed E-state index contributed by atoms with van der Waals surface area (Å²) < 4.78 is 1.18. The lowest BCUT2D eigenvalue weighted by molar-refractivity contribution is -0.389. The summed E-state index contributed by atoms with van der Waals surface area (Å²) in [6.07, 6.45) is 1.21. The third kappa shape index (κ3) is 5.59. The van der Waals surface area contributed by atoms with Crippen LogP contribution in [0.4, 0.5) is 5.82 Å². The van der Waals surface area contributed by atoms with Gasteiger partial charge in [-0.3, -0.25) is 9.59 Å². The fraction of sp³-hybridized carbons (Fsp3) is 0.583. The lowest BCUT2D eigenvalue weighted by Gasteiger charge is -2.23. The molecule has 21 heavy (non-hydrogen) atoms. The molecule has 1 amide bonds. The van der Waals surface area contributed by atoms with Crippen molar-refractivity contribution in [1.82, 2.24) is 14.7 Å². The largest absolute Gasteiger partial charge is 0.481 e. The monoisotopic (exact) mass is 298 g/mol. The standard InChI is InChI=1S/C12H18N4O5/c1-9(2)7-14(5-4-12(18)19)11(17)8-15-6-3-10(13-15)16(20)21/h3,6,9H,4-5,7-8H2,1-2H3,(H,18,19). The number of rotatable bonds is 8. The molecule has 0 saturated heterocycles. The minimum Gasteiger partial charge on any atom is -0.481 e. The van der Waals surface area contributed by atoms with E-state index in [2.05, 4.69) is 5.10 Å². The van der Waals surface area contributed by atoms with Gasteiger partial charge in [0.25, 0.3) is 0 Å². The van der Waals surface area contributed by atoms with Crippen LogP contribution in [0.25, 0.3) is 0 Å². The highest BCUT2D eigenvalue weighted by molar-refractivity contribution is 5.76. The number of carboxylic acids is 1. The molecule has 0 aliphatic carbocycles. The van der Waals surface area contributed by atoms with Gasteiger partial charge in [0.15, 0.2) is 0 Å². The van der Waals surface area contributed by atoms with Crippen LogP contribution in [0.5, 0.6) is 0 Å². The number of hydrogen-bond donors (Lipinski definition) is 1. The number of aromatic nitrogens is 2. The van der Waals surface area contributed by atoms with E-state index in [1.54, 1.807) is 0 Å². The van der Waals surface area contributed by atoms with Crippen molar-refractivity contribution >= 4 is 17.7 Å². The van der Waals surface area contributed by atoms with Gasteiger partial charge in [-0.25, -0.2) is 0 Å². The summed E-state index contributed by atoms with van der Waals surface area (Å²) in [4.78, 5) is 34.1. The van der Waals surface area contributed by atoms with Crippen molar-refractivity contribution in [2.45, 2.75) is 26.8 Å². The van der Waals surface area contributed by atoms with Crippen LogP contribution in [0.1, 0.15) is 20.3 Å². The SMILES string of the molecule is CC(C)CN(CCC(=O)O)C(=O)Cn1ccc([N+](=O)[O-])n1. The van der Waals surface area contributed by atoms with Crippen LogP contribution in [-0.2, 0) is 16.1 Å². The molecule has 1 rings (SSSR count). The fourth-order valence-corrected chi connectivity index (χ4v) is 1.76. The third-order valence-electron chi connectivity index (χ3n) is 2.64. The molecule has 0 aliphatic heterocycles. The van der Waals surface area contributed by atoms with Crippen molar-refractivity contribution in [1.29, 1.82) is 0 Å². The molecular formula is C12H18N4O5. The van der Waals surface area contributed by atoms with E-state index in [0.29, 0.717) is 6.54 Å². The minimum absolute atomic E-state index is 0.107. The topological polar surface area (TPSA) is 119 Å². The first-order chi connectivity index (χ1) is 9.79. The molecule has 1 N–H and O–H groups in total. The molecule has 1 aromatic heterocycles. The molecule has 9 nitrogen and oxygen atoms in total. The molecule has 9 heteroatoms. The Balaban J connectivity index is 2.69. The Labute approximate surface area is 121 Å². The predicted octanol–water partition coefficient (Wildman–Crippen LogP) is 0.751. The molecule has 0 spiro atoms. The number of carboxylic acid groups (broad SMARTS) is 1. The van der Waals surface area contributed by atoms with Gasteiger partial charge in [0.05, 0.1) is 23.8 Å². The smallest absolute Gasteiger partial charge is 0.389 e. The van der Waals surface area contributed by atoms with E-state index >= 15 is 0 Å². The van der Waals surface area contributed by atoms with Crippen molar-refractivity contribution in [2.24, 2.45) is 5.92 Å². The molecule has 0 unspecified atom stereocenters. The summed E-state index contributed by atoms with van der Waals surface area (Å²) in [6.45, 7) is 4.21. The summed E-state index contributed by atoms with van der Waals surface area (Å²) in [7, 11) is 0. The molecule has 0 radical (unpaired) electrons. The molecule has 0 fully saturated rings. The van der Waals surface area contributed by atoms with E-state index in [1.807, 2.05) is 13.8 Å². The maximum absolute atomic E-state index is 12.1. The van der Waals surface area contributed by atoms with Crippen molar-refractivity contribution in [2.75, 3.05) is 13.1 Å². The second kappa shape index (κ2) is 7.36. The summed E-state index contributed by atoms with van der Waals surface area (Å²) in [6, 6.07) is 1.21. The highest BCUT2D eigenvalue weighted by atomic mass is 16.6. The fourth-order valence-electron chi connectivity index (χ4n) is 1.76. The Kier molecular flexibility index (Phi) is 5.82. The van der Waals surface area contributed by atoms with Crippen molar-refractivity contribution in [3.63, 3.8) is 0 Å². The van der Waals surface area contributed by atoms with Crippen LogP contribution in [0, 0.1) is 16.0 Å². The zero-order valence-corrected chi connectivity index (χ0v) is 11.9. The van der Waals surface area contributed by atoms with Crippen molar-refractivity contribution in [3.8, 4) is 0 Å². The number of carbonyl (C=O) groups is 2. The van der Waals surface area contributed by atoms with Gasteiger partial charge in [-0.1, -0.05) is 13.8 Å². The van der Waals surface area contributed by atoms with Gasteiger partial charge in [0, 0.05) is 13.1 Å². The Morgan fingerprint density at radius 3 is 2.67 bits per heavy atom. The number of nitrogens with zero attached hydrogens (tertiary/aromatic N) is 4. The Hall–Kier alpha value is -2.45. The van der Waals surface area contributed by atoms with Gasteiger partial charge in [-0.05, 0) is 10.8 Å². The number of carbonyl (C=O) groups excluding carboxylic acids is 1. The van der Waals surface area contributed by atoms with Crippen LogP contribution in [0.15, 0.2) is 12.3 Å². The Bertz CT molecular complexity index is 525. The summed E-state index contributed by atoms with van der Waals surface area (Å²) in [5.74, 6) is -1.44. The van der Waals surface area contributed by atoms with Gasteiger partial charge < -0.3 is 20.1 Å². The van der Waals surface area contributed by atoms with Crippen LogP contribution in [0.2, 0.25) is 0 Å². The van der Waals surface area contributed by atoms with Crippen LogP contribution in [0.3, 0.4) is 0 Å². The molecule has 0 bridgehead atoms. The summed E-state index contributed by atoms with van der Waals surface area (Å²) >= 11 is 0. The summed E-state index contributed by atoms with van der Waals surface area (Å²) in [5, 5.41) is 22.9. The van der Waals surface area contributed by atoms with Gasteiger partial charge in [-0.2, -0.15) is 4.68 Å². The first-order valence-corrected chi connectivity index (χ1v) is 6.47. The van der Waals surface area contributed by atoms with Crippen LogP contribution >= 0.6 is 0 Å². The number of hydrogen-bond acceptors (Lipinski definition) is 5. The van der Waals surface area contributed by atoms with E-state index in [9.17, 15) is 19.7 Å². The van der Waals surface area contributed by atoms with E-state index in [0.717, 1.165) is 0 Å². The van der Waals surface area contributed by atoms with Gasteiger partial charge in [0.2, 0.25) is 5.91 Å². The first kappa shape index (κ1) is 16.6. The zero-order chi connectivity index (χ0) is 16.0. The second-order valence-electron chi connectivity index (χ2n) is 5.01. The first-order valence-electron chi connectivity index (χ1n) is 6.47. The minimum atomic E-state index is -0.980. The second-order valence-corrected chi connectivity index (χ2v) is 5.01. The highest BCUT2D eigenvalue weighted by Crippen LogP contribution is 2.07. The zero-order valence-electron chi connectivity index (χ0n) is 11.9. The van der Waals surface area contributed by atoms with Crippen molar-refractivity contribution < 1.29 is 19.6 Å². The lowest BCUT2D eigenvalue weighted by Crippen LogP contribution is -2.38. The molecule has 0 atom stereocenters. The average Bonchev–Trinajstić information content (AvgIpc) is 2.82. The molecule has 1 heterocycles. The molecule has 0 saturated carbocycles. The highest BCUT2D eigenvalue weighted by Gasteiger charge is 2.19. The van der Waals surface area contributed by atoms with E-state index in [1.165, 1.54) is 21.8 Å². The molecular weight excluding hydrogens is 280 g/mol. The average molecular weight is 298 g/mol. The van der Waals surface area contributed by atoms with Crippen LogP contribution in [-0.4, -0.2) is 49.7 Å². The van der Waals surface area contributed by atoms with E-state index in [-0.39, 0.29) is 37.2 Å². The maximum atomic E-state index is 12.1. The molecule has 0 aromatic carbocycles. The maximum Gasteiger partial charge on any atom is 0.389 e. The van der Waals surface area contributed by atoms with Gasteiger partial charge in [-0.15, -0.1) is 0 Å².